The SMILES string of the molecule is CC(C)(C)OC(=O)N[C@@H](Cc1ccc(NC(=O)Nc2ccc(B(O)O)cc2)cc1)C(=O)OC(C)(C)C. The Balaban J connectivity index is 2.03. The Morgan fingerprint density at radius 1 is 0.806 bits per heavy atom. The van der Waals surface area contributed by atoms with Gasteiger partial charge in [-0.3, -0.25) is 0 Å². The van der Waals surface area contributed by atoms with E-state index in [0.29, 0.717) is 16.8 Å². The van der Waals surface area contributed by atoms with Gasteiger partial charge in [-0.25, -0.2) is 14.4 Å². The van der Waals surface area contributed by atoms with Crippen molar-refractivity contribution in [3.8, 4) is 0 Å². The highest BCUT2D eigenvalue weighted by Crippen LogP contribution is 2.16. The number of rotatable bonds is 7. The standard InChI is InChI=1S/C25H34BN3O7/c1-24(2,3)35-21(30)20(29-23(32)36-25(4,5)6)15-16-7-11-18(12-8-16)27-22(31)28-19-13-9-17(10-14-19)26(33)34/h7-14,20,33-34H,15H2,1-6H3,(H,29,32)(H2,27,28,31)/t20-/m0/s1. The summed E-state index contributed by atoms with van der Waals surface area (Å²) in [5.74, 6) is -0.588. The summed E-state index contributed by atoms with van der Waals surface area (Å²) in [7, 11) is -1.58. The molecule has 0 aliphatic rings. The van der Waals surface area contributed by atoms with Gasteiger partial charge in [-0.1, -0.05) is 24.3 Å². The molecule has 0 bridgehead atoms. The average Bonchev–Trinajstić information content (AvgIpc) is 2.72. The van der Waals surface area contributed by atoms with Crippen LogP contribution in [0.2, 0.25) is 0 Å². The van der Waals surface area contributed by atoms with Crippen molar-refractivity contribution in [2.45, 2.75) is 65.2 Å². The Bertz CT molecular complexity index is 1040. The van der Waals surface area contributed by atoms with Crippen molar-refractivity contribution in [2.75, 3.05) is 10.6 Å². The molecule has 0 aromatic heterocycles. The highest BCUT2D eigenvalue weighted by Gasteiger charge is 2.29. The molecule has 36 heavy (non-hydrogen) atoms. The van der Waals surface area contributed by atoms with E-state index in [4.69, 9.17) is 19.5 Å². The lowest BCUT2D eigenvalue weighted by atomic mass is 9.80. The fourth-order valence-electron chi connectivity index (χ4n) is 3.01. The van der Waals surface area contributed by atoms with Gasteiger partial charge in [0.25, 0.3) is 0 Å². The minimum absolute atomic E-state index is 0.156. The molecule has 1 atom stereocenters. The number of benzene rings is 2. The topological polar surface area (TPSA) is 146 Å². The van der Waals surface area contributed by atoms with Crippen LogP contribution in [0, 0.1) is 0 Å². The molecular weight excluding hydrogens is 465 g/mol. The van der Waals surface area contributed by atoms with Crippen LogP contribution in [-0.4, -0.2) is 52.5 Å². The van der Waals surface area contributed by atoms with Crippen molar-refractivity contribution in [3.05, 3.63) is 54.1 Å². The molecule has 2 aromatic carbocycles. The molecule has 0 fully saturated rings. The summed E-state index contributed by atoms with van der Waals surface area (Å²) in [5.41, 5.74) is 0.561. The molecule has 0 saturated heterocycles. The minimum Gasteiger partial charge on any atom is -0.458 e. The summed E-state index contributed by atoms with van der Waals surface area (Å²) >= 11 is 0. The van der Waals surface area contributed by atoms with Crippen LogP contribution in [0.4, 0.5) is 21.0 Å². The first kappa shape index (κ1) is 28.7. The van der Waals surface area contributed by atoms with Gasteiger partial charge >= 0.3 is 25.2 Å². The summed E-state index contributed by atoms with van der Waals surface area (Å²) < 4.78 is 10.7. The maximum absolute atomic E-state index is 12.7. The molecule has 0 aliphatic carbocycles. The number of ether oxygens (including phenoxy) is 2. The third kappa shape index (κ3) is 10.4. The van der Waals surface area contributed by atoms with E-state index in [0.717, 1.165) is 5.56 Å². The van der Waals surface area contributed by atoms with E-state index in [-0.39, 0.29) is 6.42 Å². The predicted molar refractivity (Wildman–Crippen MR) is 138 cm³/mol. The summed E-state index contributed by atoms with van der Waals surface area (Å²) in [6.07, 6.45) is -0.571. The van der Waals surface area contributed by atoms with E-state index in [1.165, 1.54) is 12.1 Å². The maximum atomic E-state index is 12.7. The fourth-order valence-corrected chi connectivity index (χ4v) is 3.01. The second-order valence-electron chi connectivity index (χ2n) is 10.2. The molecule has 0 saturated carbocycles. The van der Waals surface area contributed by atoms with Gasteiger partial charge in [0, 0.05) is 17.8 Å². The smallest absolute Gasteiger partial charge is 0.458 e. The number of anilines is 2. The van der Waals surface area contributed by atoms with Crippen LogP contribution in [-0.2, 0) is 20.7 Å². The lowest BCUT2D eigenvalue weighted by Gasteiger charge is -2.26. The van der Waals surface area contributed by atoms with Crippen LogP contribution < -0.4 is 21.4 Å². The highest BCUT2D eigenvalue weighted by molar-refractivity contribution is 6.58. The second-order valence-corrected chi connectivity index (χ2v) is 10.2. The lowest BCUT2D eigenvalue weighted by molar-refractivity contribution is -0.157. The molecule has 0 aliphatic heterocycles. The van der Waals surface area contributed by atoms with Gasteiger partial charge in [-0.15, -0.1) is 0 Å². The molecule has 0 unspecified atom stereocenters. The van der Waals surface area contributed by atoms with Crippen LogP contribution in [0.1, 0.15) is 47.1 Å². The number of esters is 1. The third-order valence-corrected chi connectivity index (χ3v) is 4.50. The normalized spacial score (nSPS) is 12.2. The molecule has 5 N–H and O–H groups in total. The van der Waals surface area contributed by atoms with Crippen LogP contribution in [0.3, 0.4) is 0 Å². The Morgan fingerprint density at radius 3 is 1.72 bits per heavy atom. The number of alkyl carbamates (subject to hydrolysis) is 1. The predicted octanol–water partition coefficient (Wildman–Crippen LogP) is 2.79. The summed E-state index contributed by atoms with van der Waals surface area (Å²) in [5, 5.41) is 26.2. The van der Waals surface area contributed by atoms with Crippen LogP contribution in [0.15, 0.2) is 48.5 Å². The third-order valence-electron chi connectivity index (χ3n) is 4.50. The summed E-state index contributed by atoms with van der Waals surface area (Å²) in [4.78, 5) is 37.3. The lowest BCUT2D eigenvalue weighted by Crippen LogP contribution is -2.47. The van der Waals surface area contributed by atoms with E-state index < -0.39 is 42.5 Å². The van der Waals surface area contributed by atoms with Crippen LogP contribution in [0.25, 0.3) is 0 Å². The zero-order valence-corrected chi connectivity index (χ0v) is 21.4. The van der Waals surface area contributed by atoms with Gasteiger partial charge in [-0.05, 0) is 76.8 Å². The number of carbonyl (C=O) groups is 3. The second kappa shape index (κ2) is 11.9. The molecule has 0 radical (unpaired) electrons. The molecule has 194 valence electrons. The number of amides is 3. The van der Waals surface area contributed by atoms with Gasteiger partial charge in [0.15, 0.2) is 0 Å². The van der Waals surface area contributed by atoms with Crippen molar-refractivity contribution in [3.63, 3.8) is 0 Å². The van der Waals surface area contributed by atoms with Crippen LogP contribution >= 0.6 is 0 Å². The minimum atomic E-state index is -1.58. The molecular formula is C25H34BN3O7. The van der Waals surface area contributed by atoms with E-state index in [9.17, 15) is 14.4 Å². The van der Waals surface area contributed by atoms with Crippen molar-refractivity contribution in [2.24, 2.45) is 0 Å². The maximum Gasteiger partial charge on any atom is 0.488 e. The Kier molecular flexibility index (Phi) is 9.49. The Hall–Kier alpha value is -3.57. The fraction of sp³-hybridized carbons (Fsp3) is 0.400. The van der Waals surface area contributed by atoms with Crippen LogP contribution in [0.5, 0.6) is 0 Å². The summed E-state index contributed by atoms with van der Waals surface area (Å²) in [6.45, 7) is 10.4. The molecule has 0 heterocycles. The molecule has 2 rings (SSSR count). The number of carbonyl (C=O) groups excluding carboxylic acids is 3. The number of urea groups is 1. The van der Waals surface area contributed by atoms with E-state index in [1.807, 2.05) is 0 Å². The molecule has 0 spiro atoms. The number of hydrogen-bond donors (Lipinski definition) is 5. The number of nitrogens with one attached hydrogen (secondary N) is 3. The first-order valence-corrected chi connectivity index (χ1v) is 11.5. The van der Waals surface area contributed by atoms with E-state index >= 15 is 0 Å². The first-order chi connectivity index (χ1) is 16.6. The van der Waals surface area contributed by atoms with Crippen molar-refractivity contribution in [1.82, 2.24) is 5.32 Å². The average molecular weight is 499 g/mol. The van der Waals surface area contributed by atoms with Crippen molar-refractivity contribution in [1.29, 1.82) is 0 Å². The molecule has 2 aromatic rings. The molecule has 10 nitrogen and oxygen atoms in total. The number of hydrogen-bond acceptors (Lipinski definition) is 7. The van der Waals surface area contributed by atoms with Crippen molar-refractivity contribution >= 4 is 42.0 Å². The van der Waals surface area contributed by atoms with E-state index in [2.05, 4.69) is 16.0 Å². The molecule has 3 amide bonds. The highest BCUT2D eigenvalue weighted by atomic mass is 16.6. The van der Waals surface area contributed by atoms with Gasteiger partial charge < -0.3 is 35.5 Å². The molecule has 11 heteroatoms. The zero-order chi connectivity index (χ0) is 27.1. The van der Waals surface area contributed by atoms with Gasteiger partial charge in [-0.2, -0.15) is 0 Å². The first-order valence-electron chi connectivity index (χ1n) is 11.5. The zero-order valence-electron chi connectivity index (χ0n) is 21.4. The monoisotopic (exact) mass is 499 g/mol. The largest absolute Gasteiger partial charge is 0.488 e. The van der Waals surface area contributed by atoms with Crippen molar-refractivity contribution < 1.29 is 33.9 Å². The van der Waals surface area contributed by atoms with Gasteiger partial charge in [0.05, 0.1) is 0 Å². The Labute approximate surface area is 211 Å². The van der Waals surface area contributed by atoms with Gasteiger partial charge in [0.1, 0.15) is 17.2 Å². The van der Waals surface area contributed by atoms with E-state index in [1.54, 1.807) is 77.9 Å². The quantitative estimate of drug-likeness (QED) is 0.291. The van der Waals surface area contributed by atoms with Gasteiger partial charge in [0.2, 0.25) is 0 Å². The summed E-state index contributed by atoms with van der Waals surface area (Å²) in [6, 6.07) is 11.4. The Morgan fingerprint density at radius 2 is 1.28 bits per heavy atom.